The molecule has 3 rings (SSSR count). The number of anilines is 1. The van der Waals surface area contributed by atoms with E-state index >= 15 is 0 Å². The number of carbonyl (C=O) groups excluding carboxylic acids is 2. The van der Waals surface area contributed by atoms with Crippen molar-refractivity contribution in [1.29, 1.82) is 0 Å². The highest BCUT2D eigenvalue weighted by atomic mass is 16.5. The Balaban J connectivity index is 2.17. The molecule has 1 aromatic rings. The molecule has 0 radical (unpaired) electrons. The van der Waals surface area contributed by atoms with Crippen molar-refractivity contribution in [3.05, 3.63) is 41.5 Å². The lowest BCUT2D eigenvalue weighted by atomic mass is 9.75. The van der Waals surface area contributed by atoms with Crippen LogP contribution in [0, 0.1) is 6.92 Å². The van der Waals surface area contributed by atoms with Gasteiger partial charge in [-0.3, -0.25) is 9.69 Å². The molecular formula is C17H20N2O3. The number of nitrogens with zero attached hydrogens (tertiary/aromatic N) is 1. The summed E-state index contributed by atoms with van der Waals surface area (Å²) < 4.78 is 5.72. The minimum atomic E-state index is -0.983. The molecular weight excluding hydrogens is 280 g/mol. The third-order valence-electron chi connectivity index (χ3n) is 4.79. The molecule has 2 amide bonds. The Morgan fingerprint density at radius 2 is 1.82 bits per heavy atom. The molecule has 5 nitrogen and oxygen atoms in total. The second kappa shape index (κ2) is 4.68. The van der Waals surface area contributed by atoms with Crippen LogP contribution in [0.4, 0.5) is 10.5 Å². The van der Waals surface area contributed by atoms with Gasteiger partial charge in [-0.2, -0.15) is 0 Å². The molecule has 0 spiro atoms. The maximum atomic E-state index is 12.6. The molecule has 22 heavy (non-hydrogen) atoms. The summed E-state index contributed by atoms with van der Waals surface area (Å²) in [7, 11) is 1.56. The van der Waals surface area contributed by atoms with Crippen LogP contribution >= 0.6 is 0 Å². The fraction of sp³-hybridized carbons (Fsp3) is 0.412. The van der Waals surface area contributed by atoms with Gasteiger partial charge in [-0.1, -0.05) is 17.7 Å². The largest absolute Gasteiger partial charge is 0.353 e. The fourth-order valence-electron chi connectivity index (χ4n) is 3.71. The third-order valence-corrected chi connectivity index (χ3v) is 4.79. The lowest BCUT2D eigenvalue weighted by Crippen LogP contribution is -2.63. The van der Waals surface area contributed by atoms with Crippen molar-refractivity contribution in [3.8, 4) is 0 Å². The number of fused-ring (bicyclic) bond motifs is 1. The number of ketones is 1. The number of methoxy groups -OCH3 is 1. The molecule has 0 bridgehead atoms. The van der Waals surface area contributed by atoms with Gasteiger partial charge in [-0.05, 0) is 44.6 Å². The number of rotatable bonds is 2. The van der Waals surface area contributed by atoms with Gasteiger partial charge in [0, 0.05) is 19.2 Å². The number of hydrogen-bond acceptors (Lipinski definition) is 3. The molecule has 116 valence electrons. The van der Waals surface area contributed by atoms with Crippen molar-refractivity contribution in [2.24, 2.45) is 0 Å². The average Bonchev–Trinajstić information content (AvgIpc) is 2.68. The van der Waals surface area contributed by atoms with Crippen molar-refractivity contribution in [2.45, 2.75) is 38.5 Å². The molecule has 1 aromatic carbocycles. The highest BCUT2D eigenvalue weighted by molar-refractivity contribution is 6.03. The minimum absolute atomic E-state index is 0.00119. The van der Waals surface area contributed by atoms with Crippen molar-refractivity contribution < 1.29 is 14.3 Å². The summed E-state index contributed by atoms with van der Waals surface area (Å²) in [6.45, 7) is 5.70. The van der Waals surface area contributed by atoms with Crippen LogP contribution in [0.15, 0.2) is 35.9 Å². The number of ether oxygens (including phenoxy) is 1. The molecule has 1 N–H and O–H groups in total. The number of allylic oxidation sites excluding steroid dienone is 1. The molecule has 1 fully saturated rings. The molecule has 2 atom stereocenters. The monoisotopic (exact) mass is 300 g/mol. The predicted octanol–water partition coefficient (Wildman–Crippen LogP) is 2.55. The van der Waals surface area contributed by atoms with Crippen LogP contribution in [0.1, 0.15) is 25.8 Å². The summed E-state index contributed by atoms with van der Waals surface area (Å²) in [6, 6.07) is 7.43. The lowest BCUT2D eigenvalue weighted by Gasteiger charge is -2.46. The maximum Gasteiger partial charge on any atom is 0.325 e. The number of aryl methyl sites for hydroxylation is 1. The summed E-state index contributed by atoms with van der Waals surface area (Å²) in [5.41, 5.74) is 0.804. The second-order valence-electron chi connectivity index (χ2n) is 6.23. The van der Waals surface area contributed by atoms with Gasteiger partial charge in [0.05, 0.1) is 0 Å². The quantitative estimate of drug-likeness (QED) is 0.913. The van der Waals surface area contributed by atoms with E-state index < -0.39 is 11.3 Å². The summed E-state index contributed by atoms with van der Waals surface area (Å²) in [4.78, 5) is 26.4. The van der Waals surface area contributed by atoms with Crippen LogP contribution in [0.5, 0.6) is 0 Å². The van der Waals surface area contributed by atoms with Gasteiger partial charge in [-0.15, -0.1) is 0 Å². The van der Waals surface area contributed by atoms with E-state index in [4.69, 9.17) is 4.74 Å². The maximum absolute atomic E-state index is 12.6. The Bertz CT molecular complexity index is 680. The first-order valence-corrected chi connectivity index (χ1v) is 7.30. The van der Waals surface area contributed by atoms with E-state index in [1.807, 2.05) is 45.0 Å². The molecule has 1 aliphatic heterocycles. The van der Waals surface area contributed by atoms with Gasteiger partial charge in [-0.25, -0.2) is 4.79 Å². The summed E-state index contributed by atoms with van der Waals surface area (Å²) >= 11 is 0. The highest BCUT2D eigenvalue weighted by Gasteiger charge is 2.64. The number of nitrogens with one attached hydrogen (secondary N) is 1. The molecule has 0 aromatic heterocycles. The second-order valence-corrected chi connectivity index (χ2v) is 6.23. The Morgan fingerprint density at radius 3 is 2.41 bits per heavy atom. The molecule has 0 saturated carbocycles. The molecule has 5 heteroatoms. The average molecular weight is 300 g/mol. The van der Waals surface area contributed by atoms with Crippen LogP contribution in [0.3, 0.4) is 0 Å². The first-order chi connectivity index (χ1) is 10.3. The van der Waals surface area contributed by atoms with Crippen LogP contribution in [-0.2, 0) is 9.53 Å². The van der Waals surface area contributed by atoms with Gasteiger partial charge in [0.1, 0.15) is 5.54 Å². The zero-order chi connectivity index (χ0) is 16.1. The van der Waals surface area contributed by atoms with E-state index in [2.05, 4.69) is 5.32 Å². The summed E-state index contributed by atoms with van der Waals surface area (Å²) in [6.07, 6.45) is 1.77. The number of urea groups is 1. The third kappa shape index (κ3) is 1.75. The number of carbonyl (C=O) groups is 2. The number of amides is 2. The van der Waals surface area contributed by atoms with Crippen molar-refractivity contribution >= 4 is 17.5 Å². The Labute approximate surface area is 129 Å². The fourth-order valence-corrected chi connectivity index (χ4v) is 3.71. The minimum Gasteiger partial charge on any atom is -0.353 e. The van der Waals surface area contributed by atoms with Gasteiger partial charge < -0.3 is 10.1 Å². The van der Waals surface area contributed by atoms with Gasteiger partial charge in [0.2, 0.25) is 0 Å². The highest BCUT2D eigenvalue weighted by Crippen LogP contribution is 2.47. The standard InChI is InChI=1S/C17H20N2O3/c1-11-5-7-13(8-6-11)19-15(21)18-17(22-4)12(2)9-14(20)10-16(17,19)3/h5-9H,10H2,1-4H3,(H,18,21). The molecule has 1 saturated heterocycles. The molecule has 2 aliphatic rings. The predicted molar refractivity (Wildman–Crippen MR) is 83.7 cm³/mol. The van der Waals surface area contributed by atoms with E-state index in [9.17, 15) is 9.59 Å². The van der Waals surface area contributed by atoms with E-state index in [1.165, 1.54) is 0 Å². The normalized spacial score (nSPS) is 30.9. The summed E-state index contributed by atoms with van der Waals surface area (Å²) in [5, 5.41) is 2.94. The van der Waals surface area contributed by atoms with E-state index in [0.717, 1.165) is 16.8 Å². The van der Waals surface area contributed by atoms with E-state index in [0.29, 0.717) is 0 Å². The molecule has 1 aliphatic carbocycles. The van der Waals surface area contributed by atoms with E-state index in [-0.39, 0.29) is 18.2 Å². The van der Waals surface area contributed by atoms with Crippen molar-refractivity contribution in [1.82, 2.24) is 5.32 Å². The number of benzene rings is 1. The topological polar surface area (TPSA) is 58.6 Å². The van der Waals surface area contributed by atoms with Gasteiger partial charge in [0.15, 0.2) is 11.5 Å². The van der Waals surface area contributed by atoms with Gasteiger partial charge >= 0.3 is 6.03 Å². The van der Waals surface area contributed by atoms with E-state index in [1.54, 1.807) is 18.1 Å². The first kappa shape index (κ1) is 14.8. The molecule has 2 unspecified atom stereocenters. The van der Waals surface area contributed by atoms with Gasteiger partial charge in [0.25, 0.3) is 0 Å². The smallest absolute Gasteiger partial charge is 0.325 e. The SMILES string of the molecule is COC12NC(=O)N(c3ccc(C)cc3)C1(C)CC(=O)C=C2C. The molecule has 1 heterocycles. The lowest BCUT2D eigenvalue weighted by molar-refractivity contribution is -0.121. The van der Waals surface area contributed by atoms with Crippen LogP contribution in [0.25, 0.3) is 0 Å². The zero-order valence-electron chi connectivity index (χ0n) is 13.3. The van der Waals surface area contributed by atoms with Crippen LogP contribution in [0.2, 0.25) is 0 Å². The number of hydrogen-bond donors (Lipinski definition) is 1. The Hall–Kier alpha value is -2.14. The van der Waals surface area contributed by atoms with Crippen molar-refractivity contribution in [2.75, 3.05) is 12.0 Å². The summed E-state index contributed by atoms with van der Waals surface area (Å²) in [5.74, 6) is 0.00119. The Morgan fingerprint density at radius 1 is 1.18 bits per heavy atom. The van der Waals surface area contributed by atoms with Crippen LogP contribution < -0.4 is 10.2 Å². The van der Waals surface area contributed by atoms with Crippen LogP contribution in [-0.4, -0.2) is 30.2 Å². The Kier molecular flexibility index (Phi) is 3.14. The zero-order valence-corrected chi connectivity index (χ0v) is 13.3. The first-order valence-electron chi connectivity index (χ1n) is 7.30. The van der Waals surface area contributed by atoms with Crippen molar-refractivity contribution in [3.63, 3.8) is 0 Å².